The summed E-state index contributed by atoms with van der Waals surface area (Å²) in [7, 11) is -2.89. The number of ether oxygens (including phenoxy) is 1. The van der Waals surface area contributed by atoms with Crippen LogP contribution in [-0.2, 0) is 26.6 Å². The van der Waals surface area contributed by atoms with Crippen molar-refractivity contribution in [1.29, 1.82) is 5.41 Å². The minimum atomic E-state index is -4.53. The van der Waals surface area contributed by atoms with E-state index in [0.717, 1.165) is 0 Å². The minimum absolute atomic E-state index is 0.0222. The van der Waals surface area contributed by atoms with E-state index in [-0.39, 0.29) is 35.6 Å². The van der Waals surface area contributed by atoms with Crippen molar-refractivity contribution in [3.05, 3.63) is 18.1 Å². The van der Waals surface area contributed by atoms with Crippen molar-refractivity contribution < 1.29 is 34.0 Å². The Morgan fingerprint density at radius 3 is 2.69 bits per heavy atom. The number of hydrogen-bond donors (Lipinski definition) is 5. The smallest absolute Gasteiger partial charge is 0.359 e. The average Bonchev–Trinajstić information content (AvgIpc) is 3.31. The van der Waals surface area contributed by atoms with Crippen molar-refractivity contribution in [2.75, 3.05) is 6.61 Å². The molecule has 2 aromatic heterocycles. The average molecular weight is 473 g/mol. The maximum Gasteiger partial charge on any atom is 0.359 e. The summed E-state index contributed by atoms with van der Waals surface area (Å²) < 4.78 is 26.8. The normalized spacial score (nSPS) is 29.5. The highest BCUT2D eigenvalue weighted by Gasteiger charge is 2.56. The third-order valence-electron chi connectivity index (χ3n) is 6.43. The number of imidazole rings is 1. The van der Waals surface area contributed by atoms with Crippen LogP contribution in [0.25, 0.3) is 11.2 Å². The van der Waals surface area contributed by atoms with Crippen LogP contribution in [0.4, 0.5) is 0 Å². The molecule has 0 aromatic carbocycles. The third kappa shape index (κ3) is 3.94. The maximum atomic E-state index is 12.8. The van der Waals surface area contributed by atoms with Gasteiger partial charge in [0.2, 0.25) is 0 Å². The summed E-state index contributed by atoms with van der Waals surface area (Å²) in [5, 5.41) is 39.0. The molecule has 6 unspecified atom stereocenters. The number of hydrogen-bond acceptors (Lipinski definition) is 9. The van der Waals surface area contributed by atoms with Crippen LogP contribution >= 0.6 is 7.60 Å². The fourth-order valence-corrected chi connectivity index (χ4v) is 4.91. The van der Waals surface area contributed by atoms with Crippen molar-refractivity contribution in [1.82, 2.24) is 19.1 Å². The summed E-state index contributed by atoms with van der Waals surface area (Å²) in [6.45, 7) is 6.01. The van der Waals surface area contributed by atoms with Crippen molar-refractivity contribution in [3.63, 3.8) is 0 Å². The second-order valence-electron chi connectivity index (χ2n) is 8.64. The molecule has 5 N–H and O–H groups in total. The number of rotatable bonds is 8. The molecule has 1 saturated heterocycles. The largest absolute Gasteiger partial charge is 0.385 e. The van der Waals surface area contributed by atoms with E-state index in [1.807, 2.05) is 6.92 Å². The summed E-state index contributed by atoms with van der Waals surface area (Å²) in [5.41, 5.74) is -1.51. The molecule has 3 heterocycles. The first-order valence-corrected chi connectivity index (χ1v) is 12.1. The van der Waals surface area contributed by atoms with E-state index < -0.39 is 37.0 Å². The Hall–Kier alpha value is -1.66. The first-order valence-electron chi connectivity index (χ1n) is 10.5. The molecule has 13 heteroatoms. The third-order valence-corrected chi connectivity index (χ3v) is 8.50. The van der Waals surface area contributed by atoms with Crippen molar-refractivity contribution in [3.8, 4) is 0 Å². The fourth-order valence-electron chi connectivity index (χ4n) is 3.63. The molecule has 1 aliphatic heterocycles. The zero-order chi connectivity index (χ0) is 24.1. The van der Waals surface area contributed by atoms with E-state index in [1.54, 1.807) is 20.9 Å². The van der Waals surface area contributed by atoms with E-state index in [0.29, 0.717) is 6.42 Å². The van der Waals surface area contributed by atoms with E-state index in [4.69, 9.17) is 14.7 Å². The molecule has 0 aliphatic carbocycles. The molecule has 12 nitrogen and oxygen atoms in total. The van der Waals surface area contributed by atoms with Crippen LogP contribution in [0.2, 0.25) is 0 Å². The van der Waals surface area contributed by atoms with Crippen LogP contribution in [0.1, 0.15) is 40.5 Å². The van der Waals surface area contributed by atoms with E-state index in [9.17, 15) is 24.8 Å². The van der Waals surface area contributed by atoms with Crippen LogP contribution in [0.3, 0.4) is 0 Å². The lowest BCUT2D eigenvalue weighted by Crippen LogP contribution is -2.50. The molecule has 3 rings (SSSR count). The van der Waals surface area contributed by atoms with Gasteiger partial charge >= 0.3 is 7.60 Å². The quantitative estimate of drug-likeness (QED) is 0.339. The summed E-state index contributed by atoms with van der Waals surface area (Å²) in [4.78, 5) is 18.8. The van der Waals surface area contributed by atoms with Gasteiger partial charge in [-0.2, -0.15) is 0 Å². The molecule has 2 aromatic rings. The molecule has 7 atom stereocenters. The summed E-state index contributed by atoms with van der Waals surface area (Å²) in [6, 6.07) is 0. The van der Waals surface area contributed by atoms with Gasteiger partial charge in [-0.05, 0) is 19.3 Å². The Morgan fingerprint density at radius 1 is 1.44 bits per heavy atom. The van der Waals surface area contributed by atoms with Gasteiger partial charge in [0.05, 0.1) is 25.4 Å². The molecule has 0 bridgehead atoms. The summed E-state index contributed by atoms with van der Waals surface area (Å²) in [6.07, 6.45) is -0.672. The number of aliphatic hydroxyl groups is 3. The Bertz CT molecular complexity index is 1090. The second-order valence-corrected chi connectivity index (χ2v) is 10.9. The van der Waals surface area contributed by atoms with Crippen LogP contribution < -0.4 is 5.49 Å². The van der Waals surface area contributed by atoms with Crippen LogP contribution in [-0.4, -0.2) is 69.6 Å². The Labute approximate surface area is 185 Å². The maximum absolute atomic E-state index is 12.8. The van der Waals surface area contributed by atoms with Crippen LogP contribution in [0.5, 0.6) is 0 Å². The predicted octanol–water partition coefficient (Wildman–Crippen LogP) is 0.389. The fraction of sp³-hybridized carbons (Fsp3) is 0.737. The minimum Gasteiger partial charge on any atom is -0.385 e. The molecular formula is C19H32N5O7P. The Balaban J connectivity index is 1.98. The van der Waals surface area contributed by atoms with E-state index in [2.05, 4.69) is 9.97 Å². The lowest BCUT2D eigenvalue weighted by molar-refractivity contribution is -0.118. The number of aliphatic hydroxyl groups excluding tert-OH is 1. The zero-order valence-corrected chi connectivity index (χ0v) is 19.7. The molecule has 0 radical (unpaired) electrons. The highest BCUT2D eigenvalue weighted by molar-refractivity contribution is 7.54. The van der Waals surface area contributed by atoms with Crippen LogP contribution in [0.15, 0.2) is 12.7 Å². The van der Waals surface area contributed by atoms with E-state index >= 15 is 0 Å². The molecule has 180 valence electrons. The number of nitrogens with zero attached hydrogens (tertiary/aromatic N) is 4. The Morgan fingerprint density at radius 2 is 2.09 bits per heavy atom. The van der Waals surface area contributed by atoms with Crippen molar-refractivity contribution in [2.24, 2.45) is 13.0 Å². The Kier molecular flexibility index (Phi) is 6.71. The molecular weight excluding hydrogens is 441 g/mol. The standard InChI is InChI=1S/C19H32N5O7P/c1-6-11(3)13(31-32(28,29)18(4,26)7-2)14-15(25)19(27,8-30-14)24-10-21-12-16(20)23(5)9-22-17(12)24/h9-11,13-15,20,25-27H,6-8H2,1-5H3,(H,28,29)/t11?,13?,14?,15?,18?,19-/m1/s1. The number of nitrogens with one attached hydrogen (secondary N) is 1. The molecule has 32 heavy (non-hydrogen) atoms. The van der Waals surface area contributed by atoms with Crippen molar-refractivity contribution in [2.45, 2.75) is 69.9 Å². The molecule has 1 fully saturated rings. The van der Waals surface area contributed by atoms with Gasteiger partial charge in [-0.1, -0.05) is 27.2 Å². The van der Waals surface area contributed by atoms with Gasteiger partial charge in [-0.3, -0.25) is 14.5 Å². The second kappa shape index (κ2) is 8.60. The van der Waals surface area contributed by atoms with Gasteiger partial charge in [-0.25, -0.2) is 9.97 Å². The monoisotopic (exact) mass is 473 g/mol. The highest BCUT2D eigenvalue weighted by Crippen LogP contribution is 2.57. The van der Waals surface area contributed by atoms with Gasteiger partial charge in [-0.15, -0.1) is 0 Å². The number of fused-ring (bicyclic) bond motifs is 1. The number of aryl methyl sites for hydroxylation is 1. The van der Waals surface area contributed by atoms with Gasteiger partial charge in [0, 0.05) is 7.05 Å². The van der Waals surface area contributed by atoms with Crippen LogP contribution in [0, 0.1) is 11.3 Å². The zero-order valence-electron chi connectivity index (χ0n) is 18.8. The van der Waals surface area contributed by atoms with E-state index in [1.165, 1.54) is 28.7 Å². The first-order chi connectivity index (χ1) is 14.8. The molecule has 0 amide bonds. The topological polar surface area (TPSA) is 176 Å². The molecule has 0 spiro atoms. The first kappa shape index (κ1) is 25.0. The van der Waals surface area contributed by atoms with Gasteiger partial charge < -0.3 is 34.0 Å². The van der Waals surface area contributed by atoms with Gasteiger partial charge in [0.15, 0.2) is 22.2 Å². The SMILES string of the molecule is CCC(C)C(OP(=O)(O)C(C)(O)CC)C1OC[C@](O)(n2cnc3c(=N)n(C)cnc32)C1O. The lowest BCUT2D eigenvalue weighted by Gasteiger charge is -2.36. The number of aromatic nitrogens is 4. The van der Waals surface area contributed by atoms with Gasteiger partial charge in [0.1, 0.15) is 17.7 Å². The highest BCUT2D eigenvalue weighted by atomic mass is 31.2. The molecule has 0 saturated carbocycles. The summed E-state index contributed by atoms with van der Waals surface area (Å²) in [5.74, 6) is -0.346. The molecule has 1 aliphatic rings. The lowest BCUT2D eigenvalue weighted by atomic mass is 9.92. The predicted molar refractivity (Wildman–Crippen MR) is 113 cm³/mol. The summed E-state index contributed by atoms with van der Waals surface area (Å²) >= 11 is 0. The van der Waals surface area contributed by atoms with Gasteiger partial charge in [0.25, 0.3) is 0 Å². The van der Waals surface area contributed by atoms with Crippen molar-refractivity contribution >= 4 is 18.8 Å².